The highest BCUT2D eigenvalue weighted by Gasteiger charge is 2.49. The molecule has 170 valence electrons. The fourth-order valence-corrected chi connectivity index (χ4v) is 4.38. The number of hydrogen-bond acceptors (Lipinski definition) is 5. The van der Waals surface area contributed by atoms with Gasteiger partial charge in [-0.15, -0.1) is 0 Å². The smallest absolute Gasteiger partial charge is 0.408 e. The Bertz CT molecular complexity index is 934. The standard InChI is InChI=1S/C24H34N2O5/c1-16(25-23(29)31-24(2,3)4)21(27)26-19-13-9-8-12-18(19)14-20(26)22(28)30-15-17-10-6-5-7-11-17/h5-7,10-11,16,18-20H,8-9,12-15H2,1-4H3,(H,25,29)/t16-,18-,19-,20-/m0/s1/i1D3,16D. The fourth-order valence-electron chi connectivity index (χ4n) is 4.38. The van der Waals surface area contributed by atoms with Gasteiger partial charge >= 0.3 is 12.1 Å². The number of ether oxygens (including phenoxy) is 2. The van der Waals surface area contributed by atoms with Crippen LogP contribution in [0.1, 0.15) is 70.8 Å². The maximum Gasteiger partial charge on any atom is 0.408 e. The topological polar surface area (TPSA) is 84.9 Å². The van der Waals surface area contributed by atoms with Crippen LogP contribution in [0.15, 0.2) is 30.3 Å². The van der Waals surface area contributed by atoms with Gasteiger partial charge < -0.3 is 19.7 Å². The van der Waals surface area contributed by atoms with Crippen LogP contribution in [0.25, 0.3) is 0 Å². The Hall–Kier alpha value is -2.57. The number of likely N-dealkylation sites (tertiary alicyclic amines) is 1. The van der Waals surface area contributed by atoms with Crippen LogP contribution in [0, 0.1) is 5.92 Å². The van der Waals surface area contributed by atoms with Crippen LogP contribution in [-0.4, -0.2) is 46.6 Å². The van der Waals surface area contributed by atoms with Gasteiger partial charge in [0, 0.05) is 10.2 Å². The number of carbonyl (C=O) groups is 3. The molecule has 0 aromatic heterocycles. The van der Waals surface area contributed by atoms with Crippen molar-refractivity contribution >= 4 is 18.0 Å². The summed E-state index contributed by atoms with van der Waals surface area (Å²) in [5.74, 6) is -1.81. The minimum absolute atomic E-state index is 0.00891. The number of esters is 1. The third kappa shape index (κ3) is 5.99. The number of benzene rings is 1. The maximum atomic E-state index is 13.8. The Morgan fingerprint density at radius 2 is 1.94 bits per heavy atom. The normalized spacial score (nSPS) is 27.5. The van der Waals surface area contributed by atoms with Gasteiger partial charge in [0.15, 0.2) is 0 Å². The Morgan fingerprint density at radius 3 is 2.61 bits per heavy atom. The van der Waals surface area contributed by atoms with Crippen molar-refractivity contribution in [3.8, 4) is 0 Å². The van der Waals surface area contributed by atoms with Crippen molar-refractivity contribution in [1.82, 2.24) is 10.2 Å². The van der Waals surface area contributed by atoms with Crippen LogP contribution in [0.4, 0.5) is 4.79 Å². The van der Waals surface area contributed by atoms with Crippen molar-refractivity contribution in [3.05, 3.63) is 35.9 Å². The summed E-state index contributed by atoms with van der Waals surface area (Å²) in [4.78, 5) is 40.5. The van der Waals surface area contributed by atoms with E-state index in [1.54, 1.807) is 32.9 Å². The lowest BCUT2D eigenvalue weighted by molar-refractivity contribution is -0.156. The second kappa shape index (κ2) is 9.71. The van der Waals surface area contributed by atoms with Gasteiger partial charge in [0.2, 0.25) is 5.91 Å². The van der Waals surface area contributed by atoms with Crippen molar-refractivity contribution in [2.24, 2.45) is 5.92 Å². The molecule has 1 heterocycles. The van der Waals surface area contributed by atoms with Gasteiger partial charge in [0.05, 0.1) is 1.37 Å². The molecule has 2 fully saturated rings. The van der Waals surface area contributed by atoms with E-state index in [0.29, 0.717) is 12.8 Å². The zero-order chi connectivity index (χ0) is 26.0. The number of carbonyl (C=O) groups excluding carboxylic acids is 3. The van der Waals surface area contributed by atoms with Crippen LogP contribution in [0.5, 0.6) is 0 Å². The first kappa shape index (κ1) is 18.0. The van der Waals surface area contributed by atoms with Crippen LogP contribution in [0.3, 0.4) is 0 Å². The lowest BCUT2D eigenvalue weighted by atomic mass is 9.84. The molecule has 1 saturated heterocycles. The molecule has 2 aliphatic rings. The average molecular weight is 435 g/mol. The molecule has 0 bridgehead atoms. The number of alkyl carbamates (subject to hydrolysis) is 1. The van der Waals surface area contributed by atoms with Gasteiger partial charge in [-0.1, -0.05) is 43.2 Å². The summed E-state index contributed by atoms with van der Waals surface area (Å²) in [5.41, 5.74) is -0.188. The zero-order valence-electron chi connectivity index (χ0n) is 22.3. The van der Waals surface area contributed by atoms with E-state index in [1.165, 1.54) is 4.90 Å². The third-order valence-electron chi connectivity index (χ3n) is 5.66. The van der Waals surface area contributed by atoms with E-state index in [0.717, 1.165) is 24.8 Å². The second-order valence-electron chi connectivity index (χ2n) is 9.17. The van der Waals surface area contributed by atoms with Crippen LogP contribution < -0.4 is 5.32 Å². The summed E-state index contributed by atoms with van der Waals surface area (Å²) in [6.45, 7) is 1.55. The Kier molecular flexibility index (Phi) is 5.65. The molecule has 1 aliphatic carbocycles. The summed E-state index contributed by atoms with van der Waals surface area (Å²) in [7, 11) is 0. The van der Waals surface area contributed by atoms with Gasteiger partial charge in [-0.3, -0.25) is 4.79 Å². The van der Waals surface area contributed by atoms with Crippen molar-refractivity contribution in [2.45, 2.75) is 90.0 Å². The predicted molar refractivity (Wildman–Crippen MR) is 116 cm³/mol. The van der Waals surface area contributed by atoms with E-state index in [4.69, 9.17) is 15.0 Å². The van der Waals surface area contributed by atoms with Crippen LogP contribution >= 0.6 is 0 Å². The van der Waals surface area contributed by atoms with Gasteiger partial charge in [0.1, 0.15) is 24.3 Å². The minimum Gasteiger partial charge on any atom is -0.459 e. The lowest BCUT2D eigenvalue weighted by Crippen LogP contribution is -2.54. The molecular formula is C24H34N2O5. The Morgan fingerprint density at radius 1 is 1.23 bits per heavy atom. The molecule has 1 saturated carbocycles. The molecule has 0 unspecified atom stereocenters. The fraction of sp³-hybridized carbons (Fsp3) is 0.625. The summed E-state index contributed by atoms with van der Waals surface area (Å²) >= 11 is 0. The number of nitrogens with zero attached hydrogens (tertiary/aromatic N) is 1. The maximum absolute atomic E-state index is 13.8. The van der Waals surface area contributed by atoms with E-state index in [9.17, 15) is 14.4 Å². The molecule has 1 aromatic rings. The molecule has 1 aromatic carbocycles. The quantitative estimate of drug-likeness (QED) is 0.713. The number of fused-ring (bicyclic) bond motifs is 1. The molecule has 1 N–H and O–H groups in total. The Balaban J connectivity index is 1.88. The molecule has 4 atom stereocenters. The first-order chi connectivity index (χ1) is 16.2. The van der Waals surface area contributed by atoms with Gasteiger partial charge in [0.25, 0.3) is 0 Å². The van der Waals surface area contributed by atoms with E-state index >= 15 is 0 Å². The van der Waals surface area contributed by atoms with Crippen LogP contribution in [-0.2, 0) is 25.7 Å². The van der Waals surface area contributed by atoms with Gasteiger partial charge in [-0.05, 0) is 58.4 Å². The van der Waals surface area contributed by atoms with E-state index in [2.05, 4.69) is 0 Å². The van der Waals surface area contributed by atoms with Crippen molar-refractivity contribution in [2.75, 3.05) is 0 Å². The molecule has 0 spiro atoms. The molecular weight excluding hydrogens is 396 g/mol. The summed E-state index contributed by atoms with van der Waals surface area (Å²) < 4.78 is 43.0. The highest BCUT2D eigenvalue weighted by molar-refractivity contribution is 5.90. The number of hydrogen-bond donors (Lipinski definition) is 1. The van der Waals surface area contributed by atoms with E-state index in [1.807, 2.05) is 23.5 Å². The third-order valence-corrected chi connectivity index (χ3v) is 5.66. The summed E-state index contributed by atoms with van der Waals surface area (Å²) in [6.07, 6.45) is 2.26. The van der Waals surface area contributed by atoms with Gasteiger partial charge in [-0.25, -0.2) is 9.59 Å². The molecule has 2 amide bonds. The number of amides is 2. The van der Waals surface area contributed by atoms with E-state index < -0.39 is 48.5 Å². The van der Waals surface area contributed by atoms with Crippen molar-refractivity contribution in [3.63, 3.8) is 0 Å². The summed E-state index contributed by atoms with van der Waals surface area (Å²) in [5, 5.41) is 1.98. The van der Waals surface area contributed by atoms with Crippen molar-refractivity contribution in [1.29, 1.82) is 0 Å². The first-order valence-electron chi connectivity index (χ1n) is 12.8. The molecule has 7 nitrogen and oxygen atoms in total. The lowest BCUT2D eigenvalue weighted by Gasteiger charge is -2.35. The first-order valence-corrected chi connectivity index (χ1v) is 10.8. The van der Waals surface area contributed by atoms with Crippen molar-refractivity contribution < 1.29 is 29.3 Å². The Labute approximate surface area is 190 Å². The molecule has 0 radical (unpaired) electrons. The molecule has 7 heteroatoms. The predicted octanol–water partition coefficient (Wildman–Crippen LogP) is 3.80. The minimum atomic E-state index is -3.22. The average Bonchev–Trinajstić information content (AvgIpc) is 3.15. The van der Waals surface area contributed by atoms with Gasteiger partial charge in [-0.2, -0.15) is 0 Å². The summed E-state index contributed by atoms with van der Waals surface area (Å²) in [6, 6.07) is 4.61. The zero-order valence-corrected chi connectivity index (χ0v) is 18.3. The molecule has 1 aliphatic heterocycles. The van der Waals surface area contributed by atoms with E-state index in [-0.39, 0.29) is 12.5 Å². The molecule has 3 rings (SSSR count). The number of rotatable bonds is 5. The largest absolute Gasteiger partial charge is 0.459 e. The second-order valence-corrected chi connectivity index (χ2v) is 9.17. The molecule has 31 heavy (non-hydrogen) atoms. The monoisotopic (exact) mass is 434 g/mol. The highest BCUT2D eigenvalue weighted by atomic mass is 16.6. The number of nitrogens with one attached hydrogen (secondary N) is 1. The SMILES string of the molecule is [2H]C([2H])([2H])[C@]([2H])(NC(=O)OC(C)(C)C)C(=O)N1[C@H](C(=O)OCc2ccccc2)C[C@@H]2CCCC[C@@H]21. The van der Waals surface area contributed by atoms with Crippen LogP contribution in [0.2, 0.25) is 0 Å². The highest BCUT2D eigenvalue weighted by Crippen LogP contribution is 2.40.